The molecule has 1 saturated heterocycles. The molecule has 1 aliphatic carbocycles. The van der Waals surface area contributed by atoms with Crippen molar-refractivity contribution in [3.8, 4) is 0 Å². The number of nitrogens with zero attached hydrogens (tertiary/aromatic N) is 1. The van der Waals surface area contributed by atoms with Crippen LogP contribution in [0.4, 0.5) is 0 Å². The standard InChI is InChI=1S/C17H31NO/c1-6-12(4)13(5)17(19)18-15-9-7-8-14(15)10-16(18)11(2)3/h11-16H,6-10H2,1-5H3/t12?,13?,14?,15?,16-/m0/s1. The van der Waals surface area contributed by atoms with Gasteiger partial charge in [0.05, 0.1) is 0 Å². The van der Waals surface area contributed by atoms with Crippen molar-refractivity contribution < 1.29 is 4.79 Å². The summed E-state index contributed by atoms with van der Waals surface area (Å²) in [5.41, 5.74) is 0. The number of likely N-dealkylation sites (tertiary alicyclic amines) is 1. The van der Waals surface area contributed by atoms with Crippen molar-refractivity contribution in [3.63, 3.8) is 0 Å². The van der Waals surface area contributed by atoms with Gasteiger partial charge in [-0.3, -0.25) is 4.79 Å². The summed E-state index contributed by atoms with van der Waals surface area (Å²) in [6, 6.07) is 1.06. The molecule has 1 heterocycles. The van der Waals surface area contributed by atoms with E-state index in [0.29, 0.717) is 29.8 Å². The summed E-state index contributed by atoms with van der Waals surface area (Å²) in [5.74, 6) is 2.51. The Morgan fingerprint density at radius 3 is 2.47 bits per heavy atom. The van der Waals surface area contributed by atoms with Crippen LogP contribution in [0.15, 0.2) is 0 Å². The molecule has 1 aliphatic heterocycles. The zero-order valence-corrected chi connectivity index (χ0v) is 13.4. The van der Waals surface area contributed by atoms with Crippen LogP contribution in [0.5, 0.6) is 0 Å². The van der Waals surface area contributed by atoms with Gasteiger partial charge in [0, 0.05) is 18.0 Å². The molecule has 2 heteroatoms. The molecule has 0 bridgehead atoms. The zero-order chi connectivity index (χ0) is 14.2. The summed E-state index contributed by atoms with van der Waals surface area (Å²) in [6.45, 7) is 11.1. The number of fused-ring (bicyclic) bond motifs is 1. The van der Waals surface area contributed by atoms with Crippen molar-refractivity contribution >= 4 is 5.91 Å². The van der Waals surface area contributed by atoms with E-state index in [9.17, 15) is 4.79 Å². The molecule has 110 valence electrons. The van der Waals surface area contributed by atoms with Crippen molar-refractivity contribution in [2.24, 2.45) is 23.7 Å². The maximum atomic E-state index is 12.9. The third-order valence-electron chi connectivity index (χ3n) is 5.79. The van der Waals surface area contributed by atoms with E-state index in [1.54, 1.807) is 0 Å². The highest BCUT2D eigenvalue weighted by Crippen LogP contribution is 2.44. The van der Waals surface area contributed by atoms with Crippen LogP contribution in [0, 0.1) is 23.7 Å². The summed E-state index contributed by atoms with van der Waals surface area (Å²) in [7, 11) is 0. The first-order valence-corrected chi connectivity index (χ1v) is 8.29. The first-order chi connectivity index (χ1) is 8.97. The van der Waals surface area contributed by atoms with Crippen LogP contribution >= 0.6 is 0 Å². The van der Waals surface area contributed by atoms with E-state index in [1.807, 2.05) is 0 Å². The molecule has 4 unspecified atom stereocenters. The molecule has 0 radical (unpaired) electrons. The highest BCUT2D eigenvalue weighted by atomic mass is 16.2. The van der Waals surface area contributed by atoms with Gasteiger partial charge in [0.25, 0.3) is 0 Å². The number of rotatable bonds is 4. The van der Waals surface area contributed by atoms with Gasteiger partial charge in [0.15, 0.2) is 0 Å². The summed E-state index contributed by atoms with van der Waals surface area (Å²) in [6.07, 6.45) is 6.26. The Balaban J connectivity index is 2.16. The molecule has 2 fully saturated rings. The quantitative estimate of drug-likeness (QED) is 0.749. The van der Waals surface area contributed by atoms with Gasteiger partial charge in [-0.2, -0.15) is 0 Å². The van der Waals surface area contributed by atoms with E-state index in [1.165, 1.54) is 25.7 Å². The zero-order valence-electron chi connectivity index (χ0n) is 13.4. The lowest BCUT2D eigenvalue weighted by atomic mass is 9.91. The van der Waals surface area contributed by atoms with Crippen LogP contribution in [0.1, 0.15) is 66.7 Å². The van der Waals surface area contributed by atoms with Gasteiger partial charge in [-0.1, -0.05) is 47.5 Å². The van der Waals surface area contributed by atoms with Gasteiger partial charge in [0.2, 0.25) is 5.91 Å². The van der Waals surface area contributed by atoms with Crippen molar-refractivity contribution in [1.82, 2.24) is 4.90 Å². The van der Waals surface area contributed by atoms with E-state index in [4.69, 9.17) is 0 Å². The van der Waals surface area contributed by atoms with Crippen molar-refractivity contribution in [2.75, 3.05) is 0 Å². The smallest absolute Gasteiger partial charge is 0.226 e. The fourth-order valence-corrected chi connectivity index (χ4v) is 4.08. The molecule has 0 spiro atoms. The van der Waals surface area contributed by atoms with Crippen LogP contribution in [-0.4, -0.2) is 22.9 Å². The second-order valence-electron chi connectivity index (χ2n) is 7.23. The minimum atomic E-state index is 0.186. The fraction of sp³-hybridized carbons (Fsp3) is 0.941. The monoisotopic (exact) mass is 265 g/mol. The molecule has 0 N–H and O–H groups in total. The predicted octanol–water partition coefficient (Wildman–Crippen LogP) is 4.09. The van der Waals surface area contributed by atoms with Gasteiger partial charge in [-0.05, 0) is 37.0 Å². The Morgan fingerprint density at radius 2 is 1.89 bits per heavy atom. The molecule has 2 nitrogen and oxygen atoms in total. The summed E-state index contributed by atoms with van der Waals surface area (Å²) in [5, 5.41) is 0. The first kappa shape index (κ1) is 14.9. The van der Waals surface area contributed by atoms with Crippen molar-refractivity contribution in [2.45, 2.75) is 78.8 Å². The minimum Gasteiger partial charge on any atom is -0.336 e. The topological polar surface area (TPSA) is 20.3 Å². The highest BCUT2D eigenvalue weighted by Gasteiger charge is 2.47. The van der Waals surface area contributed by atoms with Crippen LogP contribution < -0.4 is 0 Å². The van der Waals surface area contributed by atoms with Gasteiger partial charge >= 0.3 is 0 Å². The highest BCUT2D eigenvalue weighted by molar-refractivity contribution is 5.80. The molecule has 1 amide bonds. The minimum absolute atomic E-state index is 0.186. The number of hydrogen-bond acceptors (Lipinski definition) is 1. The molecular formula is C17H31NO. The molecular weight excluding hydrogens is 234 g/mol. The molecule has 1 saturated carbocycles. The Hall–Kier alpha value is -0.530. The fourth-order valence-electron chi connectivity index (χ4n) is 4.08. The lowest BCUT2D eigenvalue weighted by Crippen LogP contribution is -2.47. The lowest BCUT2D eigenvalue weighted by Gasteiger charge is -2.35. The van der Waals surface area contributed by atoms with Crippen LogP contribution in [-0.2, 0) is 4.79 Å². The second kappa shape index (κ2) is 5.85. The Labute approximate surface area is 118 Å². The maximum Gasteiger partial charge on any atom is 0.226 e. The number of amides is 1. The molecule has 0 aromatic rings. The Kier molecular flexibility index (Phi) is 4.58. The average molecular weight is 265 g/mol. The summed E-state index contributed by atoms with van der Waals surface area (Å²) < 4.78 is 0. The van der Waals surface area contributed by atoms with E-state index < -0.39 is 0 Å². The third kappa shape index (κ3) is 2.68. The molecule has 2 aliphatic rings. The van der Waals surface area contributed by atoms with E-state index in [2.05, 4.69) is 39.5 Å². The molecule has 2 rings (SSSR count). The molecule has 5 atom stereocenters. The normalized spacial score (nSPS) is 33.6. The maximum absolute atomic E-state index is 12.9. The van der Waals surface area contributed by atoms with E-state index in [0.717, 1.165) is 12.3 Å². The predicted molar refractivity (Wildman–Crippen MR) is 79.8 cm³/mol. The van der Waals surface area contributed by atoms with Crippen molar-refractivity contribution in [1.29, 1.82) is 0 Å². The lowest BCUT2D eigenvalue weighted by molar-refractivity contribution is -0.140. The number of carbonyl (C=O) groups is 1. The van der Waals surface area contributed by atoms with Gasteiger partial charge < -0.3 is 4.90 Å². The van der Waals surface area contributed by atoms with Crippen molar-refractivity contribution in [3.05, 3.63) is 0 Å². The number of carbonyl (C=O) groups excluding carboxylic acids is 1. The Bertz CT molecular complexity index is 325. The average Bonchev–Trinajstić information content (AvgIpc) is 2.95. The van der Waals surface area contributed by atoms with Crippen LogP contribution in [0.2, 0.25) is 0 Å². The van der Waals surface area contributed by atoms with Gasteiger partial charge in [0.1, 0.15) is 0 Å². The molecule has 0 aromatic carbocycles. The Morgan fingerprint density at radius 1 is 1.21 bits per heavy atom. The largest absolute Gasteiger partial charge is 0.336 e. The van der Waals surface area contributed by atoms with Gasteiger partial charge in [-0.15, -0.1) is 0 Å². The van der Waals surface area contributed by atoms with Crippen LogP contribution in [0.25, 0.3) is 0 Å². The number of hydrogen-bond donors (Lipinski definition) is 0. The first-order valence-electron chi connectivity index (χ1n) is 8.29. The SMILES string of the molecule is CCC(C)C(C)C(=O)N1C2CCCC2C[C@H]1C(C)C. The molecule has 19 heavy (non-hydrogen) atoms. The molecule has 0 aromatic heterocycles. The third-order valence-corrected chi connectivity index (χ3v) is 5.79. The van der Waals surface area contributed by atoms with Gasteiger partial charge in [-0.25, -0.2) is 0 Å². The van der Waals surface area contributed by atoms with E-state index in [-0.39, 0.29) is 5.92 Å². The summed E-state index contributed by atoms with van der Waals surface area (Å²) in [4.78, 5) is 15.2. The summed E-state index contributed by atoms with van der Waals surface area (Å²) >= 11 is 0. The second-order valence-corrected chi connectivity index (χ2v) is 7.23. The van der Waals surface area contributed by atoms with Crippen LogP contribution in [0.3, 0.4) is 0 Å². The van der Waals surface area contributed by atoms with E-state index >= 15 is 0 Å².